The molecule has 1 N–H and O–H groups in total. The molecule has 1 heterocycles. The zero-order valence-electron chi connectivity index (χ0n) is 11.9. The highest BCUT2D eigenvalue weighted by Crippen LogP contribution is 2.14. The lowest BCUT2D eigenvalue weighted by Crippen LogP contribution is -2.42. The Kier molecular flexibility index (Phi) is 5.83. The van der Waals surface area contributed by atoms with Crippen molar-refractivity contribution >= 4 is 5.97 Å². The van der Waals surface area contributed by atoms with Crippen LogP contribution in [0.5, 0.6) is 5.75 Å². The van der Waals surface area contributed by atoms with E-state index in [1.54, 1.807) is 0 Å². The second-order valence-corrected chi connectivity index (χ2v) is 4.84. The van der Waals surface area contributed by atoms with E-state index in [0.29, 0.717) is 6.61 Å². The van der Waals surface area contributed by atoms with Crippen LogP contribution in [0.2, 0.25) is 0 Å². The summed E-state index contributed by atoms with van der Waals surface area (Å²) in [5.41, 5.74) is 1.28. The van der Waals surface area contributed by atoms with E-state index in [1.807, 2.05) is 12.1 Å². The van der Waals surface area contributed by atoms with Gasteiger partial charge in [-0.05, 0) is 17.7 Å². The summed E-state index contributed by atoms with van der Waals surface area (Å²) in [6.07, 6.45) is 0.277. The van der Waals surface area contributed by atoms with Crippen LogP contribution >= 0.6 is 0 Å². The molecule has 0 bridgehead atoms. The van der Waals surface area contributed by atoms with Crippen molar-refractivity contribution in [1.29, 1.82) is 0 Å². The first kappa shape index (κ1) is 14.8. The van der Waals surface area contributed by atoms with Crippen LogP contribution < -0.4 is 10.1 Å². The van der Waals surface area contributed by atoms with Crippen LogP contribution in [0.4, 0.5) is 0 Å². The van der Waals surface area contributed by atoms with Gasteiger partial charge in [0.25, 0.3) is 0 Å². The van der Waals surface area contributed by atoms with Gasteiger partial charge in [-0.3, -0.25) is 9.69 Å². The van der Waals surface area contributed by atoms with Crippen LogP contribution in [0.3, 0.4) is 0 Å². The molecule has 1 saturated heterocycles. The molecule has 1 fully saturated rings. The number of rotatable bonds is 6. The second-order valence-electron chi connectivity index (χ2n) is 4.84. The Bertz CT molecular complexity index is 414. The van der Waals surface area contributed by atoms with Crippen molar-refractivity contribution < 1.29 is 14.3 Å². The summed E-state index contributed by atoms with van der Waals surface area (Å²) in [7, 11) is 1.38. The molecule has 5 heteroatoms. The van der Waals surface area contributed by atoms with Crippen molar-refractivity contribution in [3.05, 3.63) is 29.8 Å². The lowest BCUT2D eigenvalue weighted by molar-refractivity contribution is -0.141. The minimum atomic E-state index is -0.250. The van der Waals surface area contributed by atoms with Gasteiger partial charge in [0, 0.05) is 32.7 Å². The van der Waals surface area contributed by atoms with E-state index in [-0.39, 0.29) is 12.4 Å². The van der Waals surface area contributed by atoms with Crippen molar-refractivity contribution in [3.8, 4) is 5.75 Å². The van der Waals surface area contributed by atoms with Gasteiger partial charge in [0.2, 0.25) is 0 Å². The van der Waals surface area contributed by atoms with Gasteiger partial charge in [-0.1, -0.05) is 12.1 Å². The predicted octanol–water partition coefficient (Wildman–Crippen LogP) is 1.03. The van der Waals surface area contributed by atoms with Crippen LogP contribution in [0, 0.1) is 0 Å². The van der Waals surface area contributed by atoms with Crippen molar-refractivity contribution in [1.82, 2.24) is 10.2 Å². The van der Waals surface area contributed by atoms with Gasteiger partial charge in [0.15, 0.2) is 0 Å². The van der Waals surface area contributed by atoms with Gasteiger partial charge in [-0.15, -0.1) is 0 Å². The molecule has 2 rings (SSSR count). The van der Waals surface area contributed by atoms with Crippen LogP contribution in [0.15, 0.2) is 24.3 Å². The molecule has 1 aliphatic rings. The molecule has 0 atom stereocenters. The fourth-order valence-electron chi connectivity index (χ4n) is 2.17. The van der Waals surface area contributed by atoms with Crippen LogP contribution in [0.25, 0.3) is 0 Å². The fourth-order valence-corrected chi connectivity index (χ4v) is 2.17. The zero-order valence-corrected chi connectivity index (χ0v) is 11.9. The van der Waals surface area contributed by atoms with E-state index in [2.05, 4.69) is 27.1 Å². The molecule has 0 saturated carbocycles. The first-order valence-electron chi connectivity index (χ1n) is 6.99. The first-order valence-corrected chi connectivity index (χ1v) is 6.99. The summed E-state index contributed by atoms with van der Waals surface area (Å²) in [6.45, 7) is 5.64. The van der Waals surface area contributed by atoms with E-state index in [4.69, 9.17) is 4.74 Å². The highest BCUT2D eigenvalue weighted by molar-refractivity contribution is 5.69. The Balaban J connectivity index is 1.75. The van der Waals surface area contributed by atoms with Gasteiger partial charge in [0.05, 0.1) is 20.1 Å². The zero-order chi connectivity index (χ0) is 14.2. The molecule has 0 amide bonds. The number of methoxy groups -OCH3 is 1. The number of benzene rings is 1. The Morgan fingerprint density at radius 2 is 1.95 bits per heavy atom. The number of nitrogens with zero attached hydrogens (tertiary/aromatic N) is 1. The maximum atomic E-state index is 11.0. The molecule has 0 unspecified atom stereocenters. The van der Waals surface area contributed by atoms with Crippen LogP contribution in [-0.2, 0) is 16.1 Å². The largest absolute Gasteiger partial charge is 0.493 e. The monoisotopic (exact) mass is 278 g/mol. The number of nitrogens with one attached hydrogen (secondary N) is 1. The van der Waals surface area contributed by atoms with Gasteiger partial charge in [0.1, 0.15) is 5.75 Å². The van der Waals surface area contributed by atoms with Crippen molar-refractivity contribution in [2.75, 3.05) is 39.9 Å². The minimum absolute atomic E-state index is 0.250. The average molecular weight is 278 g/mol. The van der Waals surface area contributed by atoms with E-state index < -0.39 is 0 Å². The molecular weight excluding hydrogens is 256 g/mol. The topological polar surface area (TPSA) is 50.8 Å². The summed E-state index contributed by atoms with van der Waals surface area (Å²) in [6, 6.07) is 8.06. The summed E-state index contributed by atoms with van der Waals surface area (Å²) < 4.78 is 10.1. The van der Waals surface area contributed by atoms with Gasteiger partial charge in [-0.25, -0.2) is 0 Å². The van der Waals surface area contributed by atoms with Gasteiger partial charge < -0.3 is 14.8 Å². The average Bonchev–Trinajstić information content (AvgIpc) is 2.50. The van der Waals surface area contributed by atoms with E-state index >= 15 is 0 Å². The molecule has 20 heavy (non-hydrogen) atoms. The van der Waals surface area contributed by atoms with Crippen LogP contribution in [0.1, 0.15) is 12.0 Å². The highest BCUT2D eigenvalue weighted by Gasteiger charge is 2.09. The molecule has 1 aromatic rings. The Labute approximate surface area is 119 Å². The Hall–Kier alpha value is -1.59. The third-order valence-electron chi connectivity index (χ3n) is 3.34. The number of ether oxygens (including phenoxy) is 2. The number of carbonyl (C=O) groups excluding carboxylic acids is 1. The van der Waals surface area contributed by atoms with Crippen molar-refractivity contribution in [3.63, 3.8) is 0 Å². The third-order valence-corrected chi connectivity index (χ3v) is 3.34. The quantitative estimate of drug-likeness (QED) is 0.788. The van der Waals surface area contributed by atoms with Crippen molar-refractivity contribution in [2.45, 2.75) is 13.0 Å². The molecule has 0 radical (unpaired) electrons. The molecule has 1 aliphatic heterocycles. The number of piperazine rings is 1. The van der Waals surface area contributed by atoms with E-state index in [1.165, 1.54) is 12.7 Å². The van der Waals surface area contributed by atoms with E-state index in [9.17, 15) is 4.79 Å². The molecule has 0 spiro atoms. The lowest BCUT2D eigenvalue weighted by atomic mass is 10.2. The number of hydrogen-bond acceptors (Lipinski definition) is 5. The minimum Gasteiger partial charge on any atom is -0.493 e. The first-order chi connectivity index (χ1) is 9.78. The molecule has 5 nitrogen and oxygen atoms in total. The fraction of sp³-hybridized carbons (Fsp3) is 0.533. The summed E-state index contributed by atoms with van der Waals surface area (Å²) >= 11 is 0. The van der Waals surface area contributed by atoms with E-state index in [0.717, 1.165) is 38.5 Å². The maximum Gasteiger partial charge on any atom is 0.308 e. The Morgan fingerprint density at radius 3 is 2.60 bits per heavy atom. The second kappa shape index (κ2) is 7.87. The SMILES string of the molecule is COC(=O)CCOc1ccc(CN2CCNCC2)cc1. The predicted molar refractivity (Wildman–Crippen MR) is 76.7 cm³/mol. The normalized spacial score (nSPS) is 15.8. The van der Waals surface area contributed by atoms with Crippen LogP contribution in [-0.4, -0.2) is 50.8 Å². The van der Waals surface area contributed by atoms with Gasteiger partial charge in [-0.2, -0.15) is 0 Å². The number of hydrogen-bond donors (Lipinski definition) is 1. The molecule has 0 aromatic heterocycles. The van der Waals surface area contributed by atoms with Crippen molar-refractivity contribution in [2.24, 2.45) is 0 Å². The Morgan fingerprint density at radius 1 is 1.25 bits per heavy atom. The third kappa shape index (κ3) is 4.83. The smallest absolute Gasteiger partial charge is 0.308 e. The molecule has 0 aliphatic carbocycles. The maximum absolute atomic E-state index is 11.0. The number of esters is 1. The lowest BCUT2D eigenvalue weighted by Gasteiger charge is -2.27. The molecular formula is C15H22N2O3. The highest BCUT2D eigenvalue weighted by atomic mass is 16.5. The molecule has 1 aromatic carbocycles. The summed E-state index contributed by atoms with van der Waals surface area (Å²) in [5.74, 6) is 0.540. The molecule has 110 valence electrons. The number of carbonyl (C=O) groups is 1. The summed E-state index contributed by atoms with van der Waals surface area (Å²) in [5, 5.41) is 3.35. The standard InChI is InChI=1S/C15H22N2O3/c1-19-15(18)6-11-20-14-4-2-13(3-5-14)12-17-9-7-16-8-10-17/h2-5,16H,6-12H2,1H3. The van der Waals surface area contributed by atoms with Gasteiger partial charge >= 0.3 is 5.97 Å². The summed E-state index contributed by atoms with van der Waals surface area (Å²) in [4.78, 5) is 13.4.